The number of carboxylic acids is 1. The van der Waals surface area contributed by atoms with Gasteiger partial charge in [0.2, 0.25) is 5.89 Å². The van der Waals surface area contributed by atoms with Gasteiger partial charge in [0.05, 0.1) is 14.5 Å². The van der Waals surface area contributed by atoms with Gasteiger partial charge < -0.3 is 14.3 Å². The van der Waals surface area contributed by atoms with Gasteiger partial charge in [-0.05, 0) is 97.9 Å². The molecule has 0 radical (unpaired) electrons. The molecule has 4 aromatic carbocycles. The number of benzene rings is 4. The summed E-state index contributed by atoms with van der Waals surface area (Å²) in [5.74, 6) is 0.0308. The number of alkyl halides is 3. The van der Waals surface area contributed by atoms with Crippen LogP contribution in [0, 0.1) is 6.92 Å². The molecule has 0 spiro atoms. The lowest BCUT2D eigenvalue weighted by Crippen LogP contribution is -2.29. The van der Waals surface area contributed by atoms with Crippen LogP contribution < -0.4 is 4.74 Å². The normalized spacial score (nSPS) is 12.2. The number of rotatable bonds is 8. The van der Waals surface area contributed by atoms with Crippen LogP contribution in [0.1, 0.15) is 16.9 Å². The molecule has 1 heterocycles. The van der Waals surface area contributed by atoms with Crippen molar-refractivity contribution in [3.8, 4) is 39.6 Å². The van der Waals surface area contributed by atoms with E-state index in [1.165, 1.54) is 12.1 Å². The number of nitrogens with zero attached hydrogens (tertiary/aromatic N) is 1. The maximum atomic E-state index is 13.0. The topological polar surface area (TPSA) is 72.6 Å². The first-order chi connectivity index (χ1) is 20.0. The highest BCUT2D eigenvalue weighted by Gasteiger charge is 2.30. The van der Waals surface area contributed by atoms with Crippen molar-refractivity contribution in [2.24, 2.45) is 0 Å². The highest BCUT2D eigenvalue weighted by molar-refractivity contribution is 9.11. The van der Waals surface area contributed by atoms with E-state index >= 15 is 0 Å². The fourth-order valence-corrected chi connectivity index (χ4v) is 5.80. The third kappa shape index (κ3) is 6.60. The van der Waals surface area contributed by atoms with Gasteiger partial charge in [0.25, 0.3) is 0 Å². The SMILES string of the molecule is Cc1oc(-c2ccc(C(F)(F)F)cc2)nc1-c1cccc(-c2cc(Br)c(OC(Cc3ccccc3)C(=O)O)c(Br)c2)c1. The van der Waals surface area contributed by atoms with Crippen molar-refractivity contribution in [2.45, 2.75) is 25.6 Å². The smallest absolute Gasteiger partial charge is 0.416 e. The van der Waals surface area contributed by atoms with Gasteiger partial charge in [-0.15, -0.1) is 0 Å². The molecule has 0 saturated carbocycles. The molecule has 10 heteroatoms. The largest absolute Gasteiger partial charge is 0.478 e. The summed E-state index contributed by atoms with van der Waals surface area (Å²) in [5, 5.41) is 9.78. The molecule has 5 rings (SSSR count). The van der Waals surface area contributed by atoms with Crippen LogP contribution in [0.2, 0.25) is 0 Å². The molecule has 214 valence electrons. The number of aliphatic carboxylic acids is 1. The van der Waals surface area contributed by atoms with Gasteiger partial charge in [-0.1, -0.05) is 48.5 Å². The van der Waals surface area contributed by atoms with Gasteiger partial charge in [0, 0.05) is 17.5 Å². The fourth-order valence-electron chi connectivity index (χ4n) is 4.42. The van der Waals surface area contributed by atoms with Crippen LogP contribution in [-0.4, -0.2) is 22.2 Å². The molecule has 1 atom stereocenters. The van der Waals surface area contributed by atoms with E-state index in [0.717, 1.165) is 34.4 Å². The third-order valence-corrected chi connectivity index (χ3v) is 7.70. The molecule has 0 bridgehead atoms. The highest BCUT2D eigenvalue weighted by atomic mass is 79.9. The van der Waals surface area contributed by atoms with Crippen LogP contribution in [0.5, 0.6) is 5.75 Å². The summed E-state index contributed by atoms with van der Waals surface area (Å²) < 4.78 is 51.7. The standard InChI is InChI=1S/C32H22Br2F3NO4/c1-18-28(38-30(41-18)20-10-12-24(13-11-20)32(35,36)37)22-9-5-8-21(15-22)23-16-25(33)29(26(34)17-23)42-27(31(39)40)14-19-6-3-2-4-7-19/h2-13,15-17,27H,14H2,1H3,(H,39,40). The minimum atomic E-state index is -4.43. The minimum Gasteiger partial charge on any atom is -0.478 e. The van der Waals surface area contributed by atoms with Crippen molar-refractivity contribution in [1.29, 1.82) is 0 Å². The average molecular weight is 701 g/mol. The van der Waals surface area contributed by atoms with E-state index in [2.05, 4.69) is 36.8 Å². The Labute approximate surface area is 256 Å². The maximum Gasteiger partial charge on any atom is 0.416 e. The van der Waals surface area contributed by atoms with Crippen LogP contribution >= 0.6 is 31.9 Å². The van der Waals surface area contributed by atoms with Crippen molar-refractivity contribution in [3.63, 3.8) is 0 Å². The van der Waals surface area contributed by atoms with Crippen LogP contribution in [0.3, 0.4) is 0 Å². The first-order valence-corrected chi connectivity index (χ1v) is 14.3. The summed E-state index contributed by atoms with van der Waals surface area (Å²) >= 11 is 7.07. The van der Waals surface area contributed by atoms with Gasteiger partial charge in [0.1, 0.15) is 17.2 Å². The summed E-state index contributed by atoms with van der Waals surface area (Å²) in [5.41, 5.74) is 3.52. The van der Waals surface area contributed by atoms with Crippen LogP contribution in [0.15, 0.2) is 104 Å². The molecule has 0 aliphatic carbocycles. The first-order valence-electron chi connectivity index (χ1n) is 12.7. The number of oxazole rings is 1. The van der Waals surface area contributed by atoms with E-state index in [9.17, 15) is 23.1 Å². The summed E-state index contributed by atoms with van der Waals surface area (Å²) in [6.07, 6.45) is -5.32. The Kier molecular flexibility index (Phi) is 8.56. The molecule has 0 aliphatic heterocycles. The Balaban J connectivity index is 1.40. The number of hydrogen-bond acceptors (Lipinski definition) is 4. The second kappa shape index (κ2) is 12.1. The maximum absolute atomic E-state index is 13.0. The molecule has 5 aromatic rings. The molecular formula is C32H22Br2F3NO4. The number of hydrogen-bond donors (Lipinski definition) is 1. The van der Waals surface area contributed by atoms with Crippen molar-refractivity contribution >= 4 is 37.8 Å². The molecular weight excluding hydrogens is 679 g/mol. The monoisotopic (exact) mass is 699 g/mol. The van der Waals surface area contributed by atoms with E-state index in [0.29, 0.717) is 31.7 Å². The Morgan fingerprint density at radius 1 is 0.881 bits per heavy atom. The summed E-state index contributed by atoms with van der Waals surface area (Å²) in [7, 11) is 0. The van der Waals surface area contributed by atoms with E-state index in [1.807, 2.05) is 66.7 Å². The molecule has 0 aliphatic rings. The molecule has 1 aromatic heterocycles. The van der Waals surface area contributed by atoms with Crippen molar-refractivity contribution in [1.82, 2.24) is 4.98 Å². The second-order valence-corrected chi connectivity index (χ2v) is 11.2. The average Bonchev–Trinajstić information content (AvgIpc) is 3.36. The molecule has 0 fully saturated rings. The van der Waals surface area contributed by atoms with Crippen molar-refractivity contribution < 1.29 is 32.2 Å². The van der Waals surface area contributed by atoms with Crippen LogP contribution in [0.25, 0.3) is 33.8 Å². The summed E-state index contributed by atoms with van der Waals surface area (Å²) in [6.45, 7) is 1.75. The summed E-state index contributed by atoms with van der Waals surface area (Å²) in [6, 6.07) is 25.2. The Bertz CT molecular complexity index is 1710. The number of aryl methyl sites for hydroxylation is 1. The van der Waals surface area contributed by atoms with Gasteiger partial charge >= 0.3 is 12.1 Å². The Morgan fingerprint density at radius 3 is 2.14 bits per heavy atom. The zero-order chi connectivity index (χ0) is 30.0. The van der Waals surface area contributed by atoms with Gasteiger partial charge in [0.15, 0.2) is 6.10 Å². The fraction of sp³-hybridized carbons (Fsp3) is 0.125. The number of ether oxygens (including phenoxy) is 1. The number of carbonyl (C=O) groups is 1. The van der Waals surface area contributed by atoms with Gasteiger partial charge in [-0.3, -0.25) is 0 Å². The van der Waals surface area contributed by atoms with Crippen LogP contribution in [0.4, 0.5) is 13.2 Å². The van der Waals surface area contributed by atoms with Gasteiger partial charge in [-0.2, -0.15) is 13.2 Å². The first kappa shape index (κ1) is 29.6. The lowest BCUT2D eigenvalue weighted by Gasteiger charge is -2.18. The molecule has 42 heavy (non-hydrogen) atoms. The third-order valence-electron chi connectivity index (χ3n) is 6.52. The predicted octanol–water partition coefficient (Wildman–Crippen LogP) is 9.60. The number of carboxylic acid groups (broad SMARTS) is 1. The Hall–Kier alpha value is -3.89. The van der Waals surface area contributed by atoms with Crippen molar-refractivity contribution in [2.75, 3.05) is 0 Å². The van der Waals surface area contributed by atoms with Crippen LogP contribution in [-0.2, 0) is 17.4 Å². The zero-order valence-corrected chi connectivity index (χ0v) is 25.1. The lowest BCUT2D eigenvalue weighted by molar-refractivity contribution is -0.145. The molecule has 0 amide bonds. The summed E-state index contributed by atoms with van der Waals surface area (Å²) in [4.78, 5) is 16.5. The number of aromatic nitrogens is 1. The number of halogens is 5. The van der Waals surface area contributed by atoms with Gasteiger partial charge in [-0.25, -0.2) is 9.78 Å². The quantitative estimate of drug-likeness (QED) is 0.175. The molecule has 1 unspecified atom stereocenters. The van der Waals surface area contributed by atoms with Crippen molar-refractivity contribution in [3.05, 3.63) is 117 Å². The molecule has 1 N–H and O–H groups in total. The lowest BCUT2D eigenvalue weighted by atomic mass is 10.0. The van der Waals surface area contributed by atoms with E-state index in [4.69, 9.17) is 9.15 Å². The second-order valence-electron chi connectivity index (χ2n) is 9.48. The predicted molar refractivity (Wildman–Crippen MR) is 160 cm³/mol. The Morgan fingerprint density at radius 2 is 1.52 bits per heavy atom. The van der Waals surface area contributed by atoms with E-state index < -0.39 is 23.8 Å². The molecule has 0 saturated heterocycles. The highest BCUT2D eigenvalue weighted by Crippen LogP contribution is 2.40. The molecule has 5 nitrogen and oxygen atoms in total. The minimum absolute atomic E-state index is 0.199. The van der Waals surface area contributed by atoms with E-state index in [-0.39, 0.29) is 12.3 Å². The van der Waals surface area contributed by atoms with E-state index in [1.54, 1.807) is 6.92 Å². The zero-order valence-electron chi connectivity index (χ0n) is 22.0.